The molecule has 0 bridgehead atoms. The lowest BCUT2D eigenvalue weighted by atomic mass is 9.87. The molecule has 0 aromatic heterocycles. The number of hydrogen-bond acceptors (Lipinski definition) is 2. The van der Waals surface area contributed by atoms with Crippen molar-refractivity contribution in [2.24, 2.45) is 27.6 Å². The Morgan fingerprint density at radius 2 is 1.73 bits per heavy atom. The van der Waals surface area contributed by atoms with E-state index >= 15 is 0 Å². The average molecular weight is 222 g/mol. The molecule has 0 unspecified atom stereocenters. The normalized spacial score (nSPS) is 22.3. The number of hydrogen-bond donors (Lipinski definition) is 2. The van der Waals surface area contributed by atoms with Gasteiger partial charge >= 0.3 is 6.18 Å². The largest absolute Gasteiger partial charge is 0.391 e. The monoisotopic (exact) mass is 222 g/mol. The highest BCUT2D eigenvalue weighted by molar-refractivity contribution is 5.86. The van der Waals surface area contributed by atoms with Crippen LogP contribution >= 0.6 is 0 Å². The third kappa shape index (κ3) is 3.77. The molecule has 15 heavy (non-hydrogen) atoms. The molecular formula is C8H13F3N4. The zero-order chi connectivity index (χ0) is 11.5. The Bertz CT molecular complexity index is 268. The SMILES string of the molecule is NC(N)=NN=C1CCC(C(F)(F)F)CC1. The fourth-order valence-corrected chi connectivity index (χ4v) is 1.51. The maximum Gasteiger partial charge on any atom is 0.391 e. The zero-order valence-corrected chi connectivity index (χ0v) is 8.09. The summed E-state index contributed by atoms with van der Waals surface area (Å²) >= 11 is 0. The minimum absolute atomic E-state index is 0.0718. The van der Waals surface area contributed by atoms with Crippen LogP contribution in [0.15, 0.2) is 10.2 Å². The molecule has 86 valence electrons. The summed E-state index contributed by atoms with van der Waals surface area (Å²) in [6.45, 7) is 0. The fourth-order valence-electron chi connectivity index (χ4n) is 1.51. The Morgan fingerprint density at radius 3 is 2.13 bits per heavy atom. The third-order valence-electron chi connectivity index (χ3n) is 2.33. The van der Waals surface area contributed by atoms with E-state index in [1.807, 2.05) is 0 Å². The smallest absolute Gasteiger partial charge is 0.369 e. The van der Waals surface area contributed by atoms with E-state index < -0.39 is 12.1 Å². The first-order chi connectivity index (χ1) is 6.89. The number of nitrogens with two attached hydrogens (primary N) is 2. The molecule has 4 N–H and O–H groups in total. The second-order valence-corrected chi connectivity index (χ2v) is 3.51. The number of nitrogens with zero attached hydrogens (tertiary/aromatic N) is 2. The van der Waals surface area contributed by atoms with Gasteiger partial charge in [0.1, 0.15) is 0 Å². The highest BCUT2D eigenvalue weighted by atomic mass is 19.4. The van der Waals surface area contributed by atoms with Gasteiger partial charge in [-0.15, -0.1) is 5.10 Å². The highest BCUT2D eigenvalue weighted by Crippen LogP contribution is 2.36. The number of alkyl halides is 3. The van der Waals surface area contributed by atoms with Gasteiger partial charge in [-0.2, -0.15) is 18.3 Å². The number of guanidine groups is 1. The molecule has 1 saturated carbocycles. The van der Waals surface area contributed by atoms with Crippen molar-refractivity contribution in [3.63, 3.8) is 0 Å². The third-order valence-corrected chi connectivity index (χ3v) is 2.33. The molecule has 1 aliphatic rings. The molecule has 4 nitrogen and oxygen atoms in total. The van der Waals surface area contributed by atoms with E-state index in [9.17, 15) is 13.2 Å². The second kappa shape index (κ2) is 4.50. The van der Waals surface area contributed by atoms with Gasteiger partial charge in [-0.05, 0) is 25.7 Å². The van der Waals surface area contributed by atoms with Crippen LogP contribution in [-0.2, 0) is 0 Å². The first-order valence-corrected chi connectivity index (χ1v) is 4.60. The Balaban J connectivity index is 2.50. The molecule has 0 aromatic rings. The van der Waals surface area contributed by atoms with Gasteiger partial charge in [0, 0.05) is 5.71 Å². The lowest BCUT2D eigenvalue weighted by molar-refractivity contribution is -0.178. The molecule has 0 spiro atoms. The van der Waals surface area contributed by atoms with Crippen molar-refractivity contribution in [2.45, 2.75) is 31.9 Å². The van der Waals surface area contributed by atoms with E-state index in [0.29, 0.717) is 18.6 Å². The summed E-state index contributed by atoms with van der Waals surface area (Å²) in [5.74, 6) is -1.39. The van der Waals surface area contributed by atoms with E-state index in [1.165, 1.54) is 0 Å². The van der Waals surface area contributed by atoms with E-state index in [-0.39, 0.29) is 18.8 Å². The molecule has 0 aliphatic heterocycles. The van der Waals surface area contributed by atoms with Gasteiger partial charge in [-0.3, -0.25) is 0 Å². The van der Waals surface area contributed by atoms with Crippen LogP contribution in [-0.4, -0.2) is 17.8 Å². The summed E-state index contributed by atoms with van der Waals surface area (Å²) in [6, 6.07) is 0. The van der Waals surface area contributed by atoms with Crippen LogP contribution in [0.4, 0.5) is 13.2 Å². The molecule has 7 heteroatoms. The van der Waals surface area contributed by atoms with Crippen molar-refractivity contribution < 1.29 is 13.2 Å². The van der Waals surface area contributed by atoms with Crippen molar-refractivity contribution in [3.05, 3.63) is 0 Å². The van der Waals surface area contributed by atoms with Crippen molar-refractivity contribution in [1.29, 1.82) is 0 Å². The fraction of sp³-hybridized carbons (Fsp3) is 0.750. The molecule has 0 atom stereocenters. The van der Waals surface area contributed by atoms with Crippen molar-refractivity contribution in [3.8, 4) is 0 Å². The summed E-state index contributed by atoms with van der Waals surface area (Å²) in [4.78, 5) is 0. The number of halogens is 3. The maximum absolute atomic E-state index is 12.3. The van der Waals surface area contributed by atoms with E-state index in [4.69, 9.17) is 11.5 Å². The Labute approximate surface area is 85.2 Å². The Hall–Kier alpha value is -1.27. The van der Waals surface area contributed by atoms with E-state index in [0.717, 1.165) is 0 Å². The summed E-state index contributed by atoms with van der Waals surface area (Å²) in [6.07, 6.45) is -3.34. The van der Waals surface area contributed by atoms with Gasteiger partial charge in [0.25, 0.3) is 0 Å². The summed E-state index contributed by atoms with van der Waals surface area (Å²) in [5.41, 5.74) is 10.7. The highest BCUT2D eigenvalue weighted by Gasteiger charge is 2.40. The standard InChI is InChI=1S/C8H13F3N4/c9-8(10,11)5-1-3-6(4-2-5)14-15-7(12)13/h5H,1-4H2,(H4,12,13,15). The van der Waals surface area contributed by atoms with Crippen LogP contribution in [0.1, 0.15) is 25.7 Å². The second-order valence-electron chi connectivity index (χ2n) is 3.51. The van der Waals surface area contributed by atoms with Crippen LogP contribution in [0.3, 0.4) is 0 Å². The lowest BCUT2D eigenvalue weighted by Crippen LogP contribution is -2.28. The van der Waals surface area contributed by atoms with Gasteiger partial charge in [0.2, 0.25) is 5.96 Å². The Morgan fingerprint density at radius 1 is 1.20 bits per heavy atom. The van der Waals surface area contributed by atoms with Crippen molar-refractivity contribution in [1.82, 2.24) is 0 Å². The van der Waals surface area contributed by atoms with Gasteiger partial charge in [-0.1, -0.05) is 0 Å². The van der Waals surface area contributed by atoms with E-state index in [1.54, 1.807) is 0 Å². The van der Waals surface area contributed by atoms with Crippen LogP contribution in [0.2, 0.25) is 0 Å². The molecule has 0 saturated heterocycles. The Kier molecular flexibility index (Phi) is 3.54. The first-order valence-electron chi connectivity index (χ1n) is 4.60. The number of rotatable bonds is 1. The van der Waals surface area contributed by atoms with Gasteiger partial charge in [0.05, 0.1) is 5.92 Å². The van der Waals surface area contributed by atoms with Gasteiger partial charge in [0.15, 0.2) is 0 Å². The molecule has 0 aromatic carbocycles. The molecular weight excluding hydrogens is 209 g/mol. The quantitative estimate of drug-likeness (QED) is 0.399. The van der Waals surface area contributed by atoms with Crippen molar-refractivity contribution in [2.75, 3.05) is 0 Å². The predicted octanol–water partition coefficient (Wildman–Crippen LogP) is 1.37. The zero-order valence-electron chi connectivity index (χ0n) is 8.09. The molecule has 0 heterocycles. The molecule has 1 rings (SSSR count). The van der Waals surface area contributed by atoms with E-state index in [2.05, 4.69) is 10.2 Å². The summed E-state index contributed by atoms with van der Waals surface area (Å²) in [7, 11) is 0. The topological polar surface area (TPSA) is 76.8 Å². The lowest BCUT2D eigenvalue weighted by Gasteiger charge is -2.24. The maximum atomic E-state index is 12.3. The molecule has 1 aliphatic carbocycles. The average Bonchev–Trinajstić information content (AvgIpc) is 2.14. The molecule has 0 radical (unpaired) electrons. The summed E-state index contributed by atoms with van der Waals surface area (Å²) < 4.78 is 36.8. The van der Waals surface area contributed by atoms with Crippen LogP contribution < -0.4 is 11.5 Å². The van der Waals surface area contributed by atoms with Gasteiger partial charge in [-0.25, -0.2) is 0 Å². The first kappa shape index (κ1) is 11.8. The minimum atomic E-state index is -4.10. The predicted molar refractivity (Wildman–Crippen MR) is 51.3 cm³/mol. The minimum Gasteiger partial charge on any atom is -0.369 e. The molecule has 1 fully saturated rings. The summed E-state index contributed by atoms with van der Waals surface area (Å²) in [5, 5.41) is 7.10. The van der Waals surface area contributed by atoms with Gasteiger partial charge < -0.3 is 11.5 Å². The van der Waals surface area contributed by atoms with Crippen LogP contribution in [0.25, 0.3) is 0 Å². The van der Waals surface area contributed by atoms with Crippen LogP contribution in [0.5, 0.6) is 0 Å². The van der Waals surface area contributed by atoms with Crippen molar-refractivity contribution >= 4 is 11.7 Å². The molecule has 0 amide bonds. The van der Waals surface area contributed by atoms with Crippen LogP contribution in [0, 0.1) is 5.92 Å².